The minimum atomic E-state index is -0.575. The van der Waals surface area contributed by atoms with Crippen molar-refractivity contribution in [1.29, 1.82) is 0 Å². The van der Waals surface area contributed by atoms with Gasteiger partial charge in [0.2, 0.25) is 5.91 Å². The molecule has 0 aliphatic heterocycles. The Balaban J connectivity index is 2.23. The van der Waals surface area contributed by atoms with Gasteiger partial charge < -0.3 is 15.0 Å². The summed E-state index contributed by atoms with van der Waals surface area (Å²) >= 11 is 0. The van der Waals surface area contributed by atoms with E-state index in [0.717, 1.165) is 5.56 Å². The number of nitrogens with one attached hydrogen (secondary N) is 1. The van der Waals surface area contributed by atoms with Crippen LogP contribution in [0.3, 0.4) is 0 Å². The fourth-order valence-corrected chi connectivity index (χ4v) is 2.32. The normalized spacial score (nSPS) is 10.1. The molecule has 0 saturated carbocycles. The maximum absolute atomic E-state index is 12.5. The fraction of sp³-hybridized carbons (Fsp3) is 0.222. The molecule has 2 aromatic rings. The van der Waals surface area contributed by atoms with Crippen molar-refractivity contribution >= 4 is 23.2 Å². The Bertz CT molecular complexity index is 850. The van der Waals surface area contributed by atoms with E-state index in [0.29, 0.717) is 12.2 Å². The van der Waals surface area contributed by atoms with E-state index in [-0.39, 0.29) is 22.9 Å². The standard InChI is InChI=1S/C18H19N3O5/c1-12(22)20(2)11-13-5-4-6-14(9-13)19-18(23)16-10-15(21(24)25)7-8-17(16)26-3/h4-10H,11H2,1-3H3,(H,19,23). The highest BCUT2D eigenvalue weighted by atomic mass is 16.6. The summed E-state index contributed by atoms with van der Waals surface area (Å²) in [6.07, 6.45) is 0. The lowest BCUT2D eigenvalue weighted by Gasteiger charge is -2.15. The molecule has 0 aromatic heterocycles. The third-order valence-electron chi connectivity index (χ3n) is 3.78. The molecule has 0 bridgehead atoms. The minimum Gasteiger partial charge on any atom is -0.496 e. The Hall–Kier alpha value is -3.42. The zero-order valence-corrected chi connectivity index (χ0v) is 14.7. The molecule has 0 aliphatic carbocycles. The Kier molecular flexibility index (Phi) is 5.90. The van der Waals surface area contributed by atoms with E-state index in [9.17, 15) is 19.7 Å². The van der Waals surface area contributed by atoms with Crippen molar-refractivity contribution in [3.63, 3.8) is 0 Å². The summed E-state index contributed by atoms with van der Waals surface area (Å²) in [6, 6.07) is 10.8. The molecule has 26 heavy (non-hydrogen) atoms. The number of methoxy groups -OCH3 is 1. The molecule has 8 heteroatoms. The summed E-state index contributed by atoms with van der Waals surface area (Å²) in [5.74, 6) is -0.357. The summed E-state index contributed by atoms with van der Waals surface area (Å²) < 4.78 is 5.11. The molecule has 2 aromatic carbocycles. The number of nitro groups is 1. The number of anilines is 1. The lowest BCUT2D eigenvalue weighted by Crippen LogP contribution is -2.23. The van der Waals surface area contributed by atoms with Gasteiger partial charge in [0.05, 0.1) is 17.6 Å². The smallest absolute Gasteiger partial charge is 0.270 e. The van der Waals surface area contributed by atoms with Crippen LogP contribution in [-0.4, -0.2) is 35.8 Å². The van der Waals surface area contributed by atoms with Crippen LogP contribution in [0.5, 0.6) is 5.75 Å². The van der Waals surface area contributed by atoms with Gasteiger partial charge in [0.1, 0.15) is 5.75 Å². The molecule has 1 N–H and O–H groups in total. The van der Waals surface area contributed by atoms with Crippen molar-refractivity contribution in [1.82, 2.24) is 4.90 Å². The SMILES string of the molecule is COc1ccc([N+](=O)[O-])cc1C(=O)Nc1cccc(CN(C)C(C)=O)c1. The average molecular weight is 357 g/mol. The monoisotopic (exact) mass is 357 g/mol. The van der Waals surface area contributed by atoms with Crippen LogP contribution in [0.15, 0.2) is 42.5 Å². The van der Waals surface area contributed by atoms with Gasteiger partial charge in [-0.15, -0.1) is 0 Å². The largest absolute Gasteiger partial charge is 0.496 e. The van der Waals surface area contributed by atoms with Crippen molar-refractivity contribution in [2.45, 2.75) is 13.5 Å². The first-order chi connectivity index (χ1) is 12.3. The summed E-state index contributed by atoms with van der Waals surface area (Å²) in [7, 11) is 3.07. The zero-order chi connectivity index (χ0) is 19.3. The Labute approximate surface area is 150 Å². The Morgan fingerprint density at radius 3 is 2.58 bits per heavy atom. The second kappa shape index (κ2) is 8.11. The van der Waals surface area contributed by atoms with Gasteiger partial charge in [0, 0.05) is 38.3 Å². The summed E-state index contributed by atoms with van der Waals surface area (Å²) in [5, 5.41) is 13.6. The molecular weight excluding hydrogens is 338 g/mol. The Morgan fingerprint density at radius 2 is 1.96 bits per heavy atom. The van der Waals surface area contributed by atoms with E-state index in [2.05, 4.69) is 5.32 Å². The highest BCUT2D eigenvalue weighted by Crippen LogP contribution is 2.25. The first kappa shape index (κ1) is 18.9. The lowest BCUT2D eigenvalue weighted by atomic mass is 10.1. The lowest BCUT2D eigenvalue weighted by molar-refractivity contribution is -0.384. The molecule has 0 aliphatic rings. The maximum atomic E-state index is 12.5. The third kappa shape index (κ3) is 4.56. The van der Waals surface area contributed by atoms with Crippen LogP contribution in [-0.2, 0) is 11.3 Å². The second-order valence-corrected chi connectivity index (χ2v) is 5.67. The van der Waals surface area contributed by atoms with Crippen LogP contribution in [0.2, 0.25) is 0 Å². The van der Waals surface area contributed by atoms with Gasteiger partial charge in [-0.25, -0.2) is 0 Å². The Morgan fingerprint density at radius 1 is 1.23 bits per heavy atom. The van der Waals surface area contributed by atoms with Gasteiger partial charge in [-0.1, -0.05) is 12.1 Å². The summed E-state index contributed by atoms with van der Waals surface area (Å²) in [4.78, 5) is 35.8. The molecule has 0 radical (unpaired) electrons. The number of benzene rings is 2. The number of non-ortho nitro benzene ring substituents is 1. The van der Waals surface area contributed by atoms with Crippen molar-refractivity contribution in [2.24, 2.45) is 0 Å². The third-order valence-corrected chi connectivity index (χ3v) is 3.78. The molecule has 0 unspecified atom stereocenters. The molecule has 0 saturated heterocycles. The van der Waals surface area contributed by atoms with Crippen LogP contribution < -0.4 is 10.1 Å². The van der Waals surface area contributed by atoms with E-state index in [1.54, 1.807) is 30.1 Å². The van der Waals surface area contributed by atoms with Gasteiger partial charge in [-0.2, -0.15) is 0 Å². The predicted octanol–water partition coefficient (Wildman–Crippen LogP) is 2.83. The number of nitro benzene ring substituents is 1. The number of hydrogen-bond acceptors (Lipinski definition) is 5. The zero-order valence-electron chi connectivity index (χ0n) is 14.7. The van der Waals surface area contributed by atoms with Crippen molar-refractivity contribution in [3.05, 3.63) is 63.7 Å². The van der Waals surface area contributed by atoms with Crippen LogP contribution in [0, 0.1) is 10.1 Å². The predicted molar refractivity (Wildman–Crippen MR) is 96.2 cm³/mol. The topological polar surface area (TPSA) is 102 Å². The fourth-order valence-electron chi connectivity index (χ4n) is 2.32. The quantitative estimate of drug-likeness (QED) is 0.633. The maximum Gasteiger partial charge on any atom is 0.270 e. The van der Waals surface area contributed by atoms with Gasteiger partial charge in [-0.05, 0) is 23.8 Å². The molecule has 2 amide bonds. The van der Waals surface area contributed by atoms with Gasteiger partial charge in [-0.3, -0.25) is 19.7 Å². The minimum absolute atomic E-state index is 0.0629. The molecule has 0 spiro atoms. The number of hydrogen-bond donors (Lipinski definition) is 1. The molecule has 136 valence electrons. The van der Waals surface area contributed by atoms with E-state index in [1.165, 1.54) is 32.2 Å². The van der Waals surface area contributed by atoms with E-state index in [1.807, 2.05) is 6.07 Å². The highest BCUT2D eigenvalue weighted by molar-refractivity contribution is 6.06. The molecule has 0 atom stereocenters. The first-order valence-corrected chi connectivity index (χ1v) is 7.76. The number of nitrogens with zero attached hydrogens (tertiary/aromatic N) is 2. The average Bonchev–Trinajstić information content (AvgIpc) is 2.61. The first-order valence-electron chi connectivity index (χ1n) is 7.76. The van der Waals surface area contributed by atoms with Crippen LogP contribution in [0.1, 0.15) is 22.8 Å². The van der Waals surface area contributed by atoms with Gasteiger partial charge >= 0.3 is 0 Å². The van der Waals surface area contributed by atoms with Gasteiger partial charge in [0.25, 0.3) is 11.6 Å². The highest BCUT2D eigenvalue weighted by Gasteiger charge is 2.18. The van der Waals surface area contributed by atoms with Crippen molar-refractivity contribution in [2.75, 3.05) is 19.5 Å². The molecular formula is C18H19N3O5. The second-order valence-electron chi connectivity index (χ2n) is 5.67. The van der Waals surface area contributed by atoms with Crippen LogP contribution in [0.25, 0.3) is 0 Å². The van der Waals surface area contributed by atoms with Gasteiger partial charge in [0.15, 0.2) is 0 Å². The number of carbonyl (C=O) groups excluding carboxylic acids is 2. The summed E-state index contributed by atoms with van der Waals surface area (Å²) in [6.45, 7) is 1.87. The number of ether oxygens (including phenoxy) is 1. The molecule has 0 heterocycles. The summed E-state index contributed by atoms with van der Waals surface area (Å²) in [5.41, 5.74) is 1.21. The van der Waals surface area contributed by atoms with E-state index >= 15 is 0 Å². The molecule has 0 fully saturated rings. The van der Waals surface area contributed by atoms with Crippen molar-refractivity contribution < 1.29 is 19.2 Å². The van der Waals surface area contributed by atoms with E-state index < -0.39 is 10.8 Å². The molecule has 8 nitrogen and oxygen atoms in total. The van der Waals surface area contributed by atoms with Crippen molar-refractivity contribution in [3.8, 4) is 5.75 Å². The number of amides is 2. The number of carbonyl (C=O) groups is 2. The van der Waals surface area contributed by atoms with Crippen LogP contribution >= 0.6 is 0 Å². The number of rotatable bonds is 6. The van der Waals surface area contributed by atoms with E-state index in [4.69, 9.17) is 4.74 Å². The molecule has 2 rings (SSSR count). The van der Waals surface area contributed by atoms with Crippen LogP contribution in [0.4, 0.5) is 11.4 Å².